The Balaban J connectivity index is 0.473. The quantitative estimate of drug-likeness (QED) is 0.0594. The highest BCUT2D eigenvalue weighted by molar-refractivity contribution is 6.07. The van der Waals surface area contributed by atoms with E-state index in [4.69, 9.17) is 28.4 Å². The van der Waals surface area contributed by atoms with E-state index in [0.717, 1.165) is 99.1 Å². The van der Waals surface area contributed by atoms with Gasteiger partial charge in [-0.25, -0.2) is 0 Å². The highest BCUT2D eigenvalue weighted by Gasteiger charge is 2.50. The van der Waals surface area contributed by atoms with E-state index < -0.39 is 16.2 Å². The fourth-order valence-electron chi connectivity index (χ4n) is 22.1. The molecule has 0 amide bonds. The summed E-state index contributed by atoms with van der Waals surface area (Å²) in [7, 11) is 1.72. The Morgan fingerprint density at radius 1 is 0.189 bits per heavy atom. The summed E-state index contributed by atoms with van der Waals surface area (Å²) in [6.07, 6.45) is 15.7. The van der Waals surface area contributed by atoms with Gasteiger partial charge in [-0.3, -0.25) is 0 Å². The van der Waals surface area contributed by atoms with Crippen molar-refractivity contribution in [2.75, 3.05) is 7.11 Å². The van der Waals surface area contributed by atoms with Gasteiger partial charge in [-0.2, -0.15) is 0 Å². The Hall–Kier alpha value is -17.1. The zero-order valence-corrected chi connectivity index (χ0v) is 72.1. The van der Waals surface area contributed by atoms with Crippen LogP contribution in [0.1, 0.15) is 66.8 Å². The van der Waals surface area contributed by atoms with Crippen molar-refractivity contribution in [1.29, 1.82) is 0 Å². The lowest BCUT2D eigenvalue weighted by Gasteiger charge is -2.34. The molecule has 0 spiro atoms. The van der Waals surface area contributed by atoms with Crippen LogP contribution in [0.5, 0.6) is 34.5 Å². The standard InChI is InChI=1S/C126H82O6/c1-3-128-106-52-39-88-62-99(45-33-94(88)69-106)124(118-31-15-13-29-113(118)123-111-27-11-10-20-80(111)44-57-119(123)124)100-46-34-95-70-107(53-40-89(95)63-100)129-58-16-18-60-131-109-55-42-91-66-103(49-36-97(91)72-109)126(121-78-85-25-8-5-22-82(85)75-115(121)116-76-83-23-6-9-26-86(83)79-122(116)126)104-50-37-98-73-110(56-43-92(98)67-104)132-61-19-17-59-130-108-54-41-90-65-102(48-35-96(90)71-108)125(101-47-32-93-68-105(127-2)51-38-87(93)64-101)117-30-14-12-28-112(117)114-74-81-21-4-7-24-84(81)77-120(114)125/h3-79H,1H2,2H3/b58-16+,59-17+,60-18+,61-19+. The first-order chi connectivity index (χ1) is 65.2. The second-order valence-electron chi connectivity index (χ2n) is 34.9. The normalized spacial score (nSPS) is 15.2. The molecule has 132 heavy (non-hydrogen) atoms. The second-order valence-corrected chi connectivity index (χ2v) is 34.9. The molecule has 0 radical (unpaired) electrons. The lowest BCUT2D eigenvalue weighted by atomic mass is 9.66. The molecule has 0 fully saturated rings. The predicted octanol–water partition coefficient (Wildman–Crippen LogP) is 31.8. The van der Waals surface area contributed by atoms with E-state index in [-0.39, 0.29) is 0 Å². The Labute approximate surface area is 763 Å². The number of fused-ring (bicyclic) bond motifs is 20. The van der Waals surface area contributed by atoms with Gasteiger partial charge in [-0.05, 0) is 378 Å². The lowest BCUT2D eigenvalue weighted by Crippen LogP contribution is -2.28. The summed E-state index contributed by atoms with van der Waals surface area (Å²) < 4.78 is 36.7. The Morgan fingerprint density at radius 2 is 0.439 bits per heavy atom. The molecular weight excluding hydrogens is 1610 g/mol. The second kappa shape index (κ2) is 31.2. The minimum atomic E-state index is -0.721. The third kappa shape index (κ3) is 12.5. The molecule has 3 aliphatic rings. The van der Waals surface area contributed by atoms with Crippen LogP contribution in [0, 0.1) is 0 Å². The number of methoxy groups -OCH3 is 1. The third-order valence-corrected chi connectivity index (χ3v) is 28.0. The van der Waals surface area contributed by atoms with Crippen LogP contribution >= 0.6 is 0 Å². The summed E-state index contributed by atoms with van der Waals surface area (Å²) in [5.41, 5.74) is 20.2. The number of allylic oxidation sites excluding steroid dienone is 4. The number of ether oxygens (including phenoxy) is 6. The first-order valence-electron chi connectivity index (χ1n) is 44.9. The molecule has 0 saturated carbocycles. The maximum Gasteiger partial charge on any atom is 0.127 e. The van der Waals surface area contributed by atoms with Crippen LogP contribution in [-0.2, 0) is 16.2 Å². The van der Waals surface area contributed by atoms with Crippen LogP contribution in [0.2, 0.25) is 0 Å². The van der Waals surface area contributed by atoms with Gasteiger partial charge < -0.3 is 28.4 Å². The molecule has 622 valence electrons. The molecule has 0 aliphatic heterocycles. The lowest BCUT2D eigenvalue weighted by molar-refractivity contribution is 0.415. The predicted molar refractivity (Wildman–Crippen MR) is 543 cm³/mol. The fraction of sp³-hybridized carbons (Fsp3) is 0.0317. The van der Waals surface area contributed by atoms with Gasteiger partial charge in [0.2, 0.25) is 0 Å². The minimum absolute atomic E-state index is 0.602. The maximum absolute atomic E-state index is 6.36. The van der Waals surface area contributed by atoms with Crippen molar-refractivity contribution < 1.29 is 28.4 Å². The van der Waals surface area contributed by atoms with Gasteiger partial charge in [-0.15, -0.1) is 0 Å². The average molecular weight is 1690 g/mol. The summed E-state index contributed by atoms with van der Waals surface area (Å²) in [5, 5.41) is 22.9. The molecule has 25 rings (SSSR count). The molecule has 6 nitrogen and oxygen atoms in total. The van der Waals surface area contributed by atoms with Gasteiger partial charge in [0.15, 0.2) is 0 Å². The zero-order valence-electron chi connectivity index (χ0n) is 72.1. The molecule has 22 aromatic rings. The fourth-order valence-corrected chi connectivity index (χ4v) is 22.1. The van der Waals surface area contributed by atoms with E-state index >= 15 is 0 Å². The van der Waals surface area contributed by atoms with Gasteiger partial charge in [-0.1, -0.05) is 273 Å². The van der Waals surface area contributed by atoms with E-state index in [1.165, 1.54) is 149 Å². The van der Waals surface area contributed by atoms with Crippen LogP contribution < -0.4 is 28.4 Å². The largest absolute Gasteiger partial charge is 0.497 e. The third-order valence-electron chi connectivity index (χ3n) is 28.0. The molecule has 0 bridgehead atoms. The smallest absolute Gasteiger partial charge is 0.127 e. The summed E-state index contributed by atoms with van der Waals surface area (Å²) >= 11 is 0. The van der Waals surface area contributed by atoms with Crippen LogP contribution in [-0.4, -0.2) is 7.11 Å². The molecule has 0 aromatic heterocycles. The van der Waals surface area contributed by atoms with E-state index in [9.17, 15) is 0 Å². The molecule has 3 aliphatic carbocycles. The van der Waals surface area contributed by atoms with Crippen molar-refractivity contribution in [3.05, 3.63) is 541 Å². The summed E-state index contributed by atoms with van der Waals surface area (Å²) in [6, 6.07) is 151. The molecule has 22 aromatic carbocycles. The van der Waals surface area contributed by atoms with Crippen molar-refractivity contribution in [2.24, 2.45) is 0 Å². The molecule has 0 saturated heterocycles. The van der Waals surface area contributed by atoms with E-state index in [0.29, 0.717) is 0 Å². The van der Waals surface area contributed by atoms with Crippen LogP contribution in [0.4, 0.5) is 0 Å². The van der Waals surface area contributed by atoms with Gasteiger partial charge in [0.25, 0.3) is 0 Å². The average Bonchev–Trinajstić information content (AvgIpc) is 1.53. The molecular formula is C126H82O6. The molecule has 2 atom stereocenters. The number of benzene rings is 22. The Bertz CT molecular complexity index is 8590. The Morgan fingerprint density at radius 3 is 0.803 bits per heavy atom. The van der Waals surface area contributed by atoms with Gasteiger partial charge >= 0.3 is 0 Å². The van der Waals surface area contributed by atoms with Crippen LogP contribution in [0.3, 0.4) is 0 Å². The van der Waals surface area contributed by atoms with Gasteiger partial charge in [0, 0.05) is 0 Å². The molecule has 2 unspecified atom stereocenters. The number of hydrogen-bond acceptors (Lipinski definition) is 6. The zero-order chi connectivity index (χ0) is 87.6. The summed E-state index contributed by atoms with van der Waals surface area (Å²) in [5.74, 6) is 4.51. The number of hydrogen-bond donors (Lipinski definition) is 0. The molecule has 6 heteroatoms. The highest BCUT2D eigenvalue weighted by atomic mass is 16.5. The maximum atomic E-state index is 6.36. The van der Waals surface area contributed by atoms with E-state index in [1.807, 2.05) is 42.5 Å². The monoisotopic (exact) mass is 1690 g/mol. The molecule has 0 heterocycles. The minimum Gasteiger partial charge on any atom is -0.497 e. The van der Waals surface area contributed by atoms with Crippen molar-refractivity contribution in [3.8, 4) is 67.9 Å². The Kier molecular flexibility index (Phi) is 18.3. The van der Waals surface area contributed by atoms with Gasteiger partial charge in [0.1, 0.15) is 34.5 Å². The van der Waals surface area contributed by atoms with Crippen LogP contribution in [0.15, 0.2) is 475 Å². The van der Waals surface area contributed by atoms with Crippen molar-refractivity contribution in [2.45, 2.75) is 16.2 Å². The topological polar surface area (TPSA) is 55.4 Å². The van der Waals surface area contributed by atoms with Gasteiger partial charge in [0.05, 0.1) is 54.7 Å². The number of rotatable bonds is 19. The van der Waals surface area contributed by atoms with Crippen molar-refractivity contribution in [3.63, 3.8) is 0 Å². The van der Waals surface area contributed by atoms with E-state index in [2.05, 4.69) is 401 Å². The molecule has 0 N–H and O–H groups in total. The summed E-state index contributed by atoms with van der Waals surface area (Å²) in [6.45, 7) is 3.79. The highest BCUT2D eigenvalue weighted by Crippen LogP contribution is 2.62. The van der Waals surface area contributed by atoms with Crippen molar-refractivity contribution in [1.82, 2.24) is 0 Å². The first-order valence-corrected chi connectivity index (χ1v) is 44.9. The van der Waals surface area contributed by atoms with Crippen molar-refractivity contribution >= 4 is 108 Å². The van der Waals surface area contributed by atoms with E-state index in [1.54, 1.807) is 32.2 Å². The van der Waals surface area contributed by atoms with Crippen LogP contribution in [0.25, 0.3) is 141 Å². The summed E-state index contributed by atoms with van der Waals surface area (Å²) in [4.78, 5) is 0. The SMILES string of the molecule is C=COc1ccc2cc(C3(c4ccc5cc(O/C=C/C=C/Oc6ccc7cc(C8(c9ccc%10cc(O/C=C/C=C/Oc%11ccc%12cc(C%13(c%14ccc%15cc(OC)ccc%15c%14)c%14ccccc%14-c%14cc%15ccccc%15cc%14%13)ccc%12c%11)ccc%10c9)c9cc%10ccccc%10cc9-c9cc%10ccccc%10cc98)ccc7c6)ccc5c4)c4ccccc4-c4c3ccc3ccccc43)ccc2c1. The first kappa shape index (κ1) is 77.3.